The van der Waals surface area contributed by atoms with E-state index in [0.29, 0.717) is 11.9 Å². The summed E-state index contributed by atoms with van der Waals surface area (Å²) in [6, 6.07) is 4.46. The molecule has 2 N–H and O–H groups in total. The van der Waals surface area contributed by atoms with Crippen LogP contribution in [0.2, 0.25) is 0 Å². The number of esters is 1. The van der Waals surface area contributed by atoms with Crippen molar-refractivity contribution in [2.45, 2.75) is 18.9 Å². The van der Waals surface area contributed by atoms with Gasteiger partial charge in [-0.1, -0.05) is 0 Å². The molecule has 21 heavy (non-hydrogen) atoms. The van der Waals surface area contributed by atoms with E-state index in [-0.39, 0.29) is 11.9 Å². The molecule has 0 unspecified atom stereocenters. The van der Waals surface area contributed by atoms with Gasteiger partial charge in [-0.15, -0.1) is 0 Å². The van der Waals surface area contributed by atoms with Gasteiger partial charge in [-0.3, -0.25) is 9.69 Å². The van der Waals surface area contributed by atoms with E-state index >= 15 is 0 Å². The Kier molecular flexibility index (Phi) is 3.96. The lowest BCUT2D eigenvalue weighted by atomic mass is 9.93. The van der Waals surface area contributed by atoms with Gasteiger partial charge in [0.05, 0.1) is 24.9 Å². The number of piperidine rings is 1. The number of methoxy groups -OCH3 is 1. The molecule has 0 saturated carbocycles. The van der Waals surface area contributed by atoms with Gasteiger partial charge in [-0.25, -0.2) is 4.98 Å². The Hall–Kier alpha value is -1.82. The van der Waals surface area contributed by atoms with Crippen LogP contribution in [-0.2, 0) is 9.53 Å². The van der Waals surface area contributed by atoms with E-state index in [9.17, 15) is 4.79 Å². The van der Waals surface area contributed by atoms with Crippen LogP contribution in [0, 0.1) is 5.92 Å². The molecule has 3 heterocycles. The molecule has 3 rings (SSSR count). The van der Waals surface area contributed by atoms with Crippen LogP contribution in [0.5, 0.6) is 0 Å². The molecule has 0 amide bonds. The van der Waals surface area contributed by atoms with Crippen molar-refractivity contribution >= 4 is 17.5 Å². The summed E-state index contributed by atoms with van der Waals surface area (Å²) in [5.41, 5.74) is 6.76. The molecular weight excluding hydrogens is 268 g/mol. The number of likely N-dealkylation sites (tertiary alicyclic amines) is 1. The molecule has 6 heteroatoms. The smallest absolute Gasteiger partial charge is 0.311 e. The van der Waals surface area contributed by atoms with Crippen LogP contribution in [0.15, 0.2) is 18.3 Å². The largest absolute Gasteiger partial charge is 0.469 e. The first-order chi connectivity index (χ1) is 10.2. The average Bonchev–Trinajstić information content (AvgIpc) is 2.47. The van der Waals surface area contributed by atoms with Gasteiger partial charge in [0.2, 0.25) is 0 Å². The van der Waals surface area contributed by atoms with E-state index < -0.39 is 0 Å². The topological polar surface area (TPSA) is 71.7 Å². The molecule has 2 aliphatic rings. The number of hydrogen-bond acceptors (Lipinski definition) is 6. The van der Waals surface area contributed by atoms with Crippen LogP contribution in [-0.4, -0.2) is 55.2 Å². The molecule has 0 bridgehead atoms. The molecule has 114 valence electrons. The number of hydrogen-bond donors (Lipinski definition) is 1. The third-order valence-electron chi connectivity index (χ3n) is 4.56. The highest BCUT2D eigenvalue weighted by atomic mass is 16.5. The number of rotatable bonds is 3. The van der Waals surface area contributed by atoms with Crippen LogP contribution in [0.4, 0.5) is 11.5 Å². The first kappa shape index (κ1) is 14.1. The second-order valence-electron chi connectivity index (χ2n) is 5.83. The predicted molar refractivity (Wildman–Crippen MR) is 81.0 cm³/mol. The normalized spacial score (nSPS) is 21.1. The number of nitrogens with two attached hydrogens (primary N) is 1. The molecule has 0 aliphatic carbocycles. The average molecular weight is 290 g/mol. The maximum absolute atomic E-state index is 11.4. The van der Waals surface area contributed by atoms with Crippen molar-refractivity contribution in [1.29, 1.82) is 0 Å². The minimum Gasteiger partial charge on any atom is -0.469 e. The molecule has 0 spiro atoms. The van der Waals surface area contributed by atoms with Crippen molar-refractivity contribution in [2.24, 2.45) is 5.92 Å². The summed E-state index contributed by atoms with van der Waals surface area (Å²) >= 11 is 0. The van der Waals surface area contributed by atoms with Gasteiger partial charge < -0.3 is 15.4 Å². The summed E-state index contributed by atoms with van der Waals surface area (Å²) in [6.07, 6.45) is 4.09. The van der Waals surface area contributed by atoms with Crippen LogP contribution < -0.4 is 10.6 Å². The zero-order chi connectivity index (χ0) is 14.8. The Bertz CT molecular complexity index is 491. The molecule has 2 aliphatic heterocycles. The van der Waals surface area contributed by atoms with Gasteiger partial charge in [0, 0.05) is 32.2 Å². The van der Waals surface area contributed by atoms with Crippen molar-refractivity contribution in [3.63, 3.8) is 0 Å². The molecular formula is C15H22N4O2. The van der Waals surface area contributed by atoms with E-state index in [2.05, 4.69) is 14.8 Å². The van der Waals surface area contributed by atoms with Crippen LogP contribution in [0.1, 0.15) is 12.8 Å². The van der Waals surface area contributed by atoms with Crippen molar-refractivity contribution in [1.82, 2.24) is 9.88 Å². The van der Waals surface area contributed by atoms with E-state index in [1.165, 1.54) is 7.11 Å². The number of nitrogen functional groups attached to an aromatic ring is 1. The third-order valence-corrected chi connectivity index (χ3v) is 4.56. The second kappa shape index (κ2) is 5.89. The lowest BCUT2D eigenvalue weighted by Crippen LogP contribution is -2.57. The van der Waals surface area contributed by atoms with Crippen LogP contribution >= 0.6 is 0 Å². The number of carbonyl (C=O) groups excluding carboxylic acids is 1. The first-order valence-electron chi connectivity index (χ1n) is 7.45. The van der Waals surface area contributed by atoms with Gasteiger partial charge in [0.25, 0.3) is 0 Å². The fourth-order valence-corrected chi connectivity index (χ4v) is 3.20. The van der Waals surface area contributed by atoms with Crippen molar-refractivity contribution in [2.75, 3.05) is 43.9 Å². The standard InChI is InChI=1S/C15H22N4O2/c1-21-15(20)11-9-19(10-11)12-4-6-18(7-5-12)13-2-3-14(16)17-8-13/h2-3,8,11-12H,4-7,9-10H2,1H3,(H2,16,17). The summed E-state index contributed by atoms with van der Waals surface area (Å²) in [6.45, 7) is 3.74. The molecule has 1 aromatic heterocycles. The highest BCUT2D eigenvalue weighted by molar-refractivity contribution is 5.73. The summed E-state index contributed by atoms with van der Waals surface area (Å²) in [5, 5.41) is 0. The fourth-order valence-electron chi connectivity index (χ4n) is 3.20. The molecule has 0 aromatic carbocycles. The predicted octanol–water partition coefficient (Wildman–Crippen LogP) is 0.737. The number of aromatic nitrogens is 1. The Morgan fingerprint density at radius 1 is 1.33 bits per heavy atom. The molecule has 1 aromatic rings. The number of nitrogens with zero attached hydrogens (tertiary/aromatic N) is 3. The van der Waals surface area contributed by atoms with E-state index in [1.54, 1.807) is 0 Å². The molecule has 6 nitrogen and oxygen atoms in total. The van der Waals surface area contributed by atoms with Crippen LogP contribution in [0.3, 0.4) is 0 Å². The number of ether oxygens (including phenoxy) is 1. The fraction of sp³-hybridized carbons (Fsp3) is 0.600. The van der Waals surface area contributed by atoms with Gasteiger partial charge in [0.15, 0.2) is 0 Å². The van der Waals surface area contributed by atoms with Gasteiger partial charge >= 0.3 is 5.97 Å². The van der Waals surface area contributed by atoms with Crippen molar-refractivity contribution < 1.29 is 9.53 Å². The maximum Gasteiger partial charge on any atom is 0.311 e. The summed E-state index contributed by atoms with van der Waals surface area (Å²) < 4.78 is 4.78. The van der Waals surface area contributed by atoms with Crippen LogP contribution in [0.25, 0.3) is 0 Å². The van der Waals surface area contributed by atoms with Gasteiger partial charge in [-0.2, -0.15) is 0 Å². The molecule has 0 radical (unpaired) electrons. The Morgan fingerprint density at radius 3 is 2.62 bits per heavy atom. The minimum atomic E-state index is -0.0726. The quantitative estimate of drug-likeness (QED) is 0.828. The summed E-state index contributed by atoms with van der Waals surface area (Å²) in [5.74, 6) is 0.564. The van der Waals surface area contributed by atoms with Gasteiger partial charge in [0.1, 0.15) is 5.82 Å². The van der Waals surface area contributed by atoms with E-state index in [1.807, 2.05) is 18.3 Å². The SMILES string of the molecule is COC(=O)C1CN(C2CCN(c3ccc(N)nc3)CC2)C1. The highest BCUT2D eigenvalue weighted by Gasteiger charge is 2.38. The summed E-state index contributed by atoms with van der Waals surface area (Å²) in [4.78, 5) is 20.3. The van der Waals surface area contributed by atoms with Crippen molar-refractivity contribution in [3.05, 3.63) is 18.3 Å². The number of carbonyl (C=O) groups is 1. The van der Waals surface area contributed by atoms with Gasteiger partial charge in [-0.05, 0) is 25.0 Å². The maximum atomic E-state index is 11.4. The molecule has 2 fully saturated rings. The van der Waals surface area contributed by atoms with Crippen molar-refractivity contribution in [3.8, 4) is 0 Å². The second-order valence-corrected chi connectivity index (χ2v) is 5.83. The highest BCUT2D eigenvalue weighted by Crippen LogP contribution is 2.27. The Labute approximate surface area is 124 Å². The number of anilines is 2. The Balaban J connectivity index is 1.48. The molecule has 0 atom stereocenters. The first-order valence-corrected chi connectivity index (χ1v) is 7.45. The third kappa shape index (κ3) is 2.95. The Morgan fingerprint density at radius 2 is 2.05 bits per heavy atom. The minimum absolute atomic E-state index is 0.0726. The zero-order valence-electron chi connectivity index (χ0n) is 12.4. The number of pyridine rings is 1. The lowest BCUT2D eigenvalue weighted by Gasteiger charge is -2.46. The lowest BCUT2D eigenvalue weighted by molar-refractivity contribution is -0.152. The zero-order valence-corrected chi connectivity index (χ0v) is 12.4. The van der Waals surface area contributed by atoms with E-state index in [4.69, 9.17) is 10.5 Å². The molecule has 2 saturated heterocycles. The monoisotopic (exact) mass is 290 g/mol. The summed E-state index contributed by atoms with van der Waals surface area (Å²) in [7, 11) is 1.46. The van der Waals surface area contributed by atoms with E-state index in [0.717, 1.165) is 44.7 Å².